The summed E-state index contributed by atoms with van der Waals surface area (Å²) in [4.78, 5) is 17.0. The molecular formula is C22H18IN2O3S-. The van der Waals surface area contributed by atoms with Crippen molar-refractivity contribution >= 4 is 32.6 Å². The number of halogens is 1. The van der Waals surface area contributed by atoms with Crippen LogP contribution in [0.25, 0.3) is 10.2 Å². The number of benzene rings is 3. The molecule has 29 heavy (non-hydrogen) atoms. The second kappa shape index (κ2) is 8.79. The van der Waals surface area contributed by atoms with Crippen molar-refractivity contribution in [3.63, 3.8) is 0 Å². The third-order valence-corrected chi connectivity index (χ3v) is 7.81. The number of carbonyl (C=O) groups excluding carboxylic acids is 1. The topological polar surface area (TPSA) is 60.5 Å². The molecule has 4 aromatic rings. The number of fused-ring (bicyclic) bond motifs is 1. The number of aromatic nitrogens is 1. The summed E-state index contributed by atoms with van der Waals surface area (Å²) in [5, 5.41) is 3.47. The van der Waals surface area contributed by atoms with Crippen molar-refractivity contribution in [3.8, 4) is 11.5 Å². The maximum atomic E-state index is 12.6. The number of hydrogen-bond acceptors (Lipinski definition) is 5. The molecule has 0 atom stereocenters. The van der Waals surface area contributed by atoms with Crippen LogP contribution in [0.1, 0.15) is 10.4 Å². The number of rotatable bonds is 6. The zero-order chi connectivity index (χ0) is 20.2. The van der Waals surface area contributed by atoms with Crippen molar-refractivity contribution in [1.29, 1.82) is 0 Å². The summed E-state index contributed by atoms with van der Waals surface area (Å²) in [5.74, 6) is 1.47. The minimum absolute atomic E-state index is 0.162. The molecule has 1 aromatic heterocycles. The predicted octanol–water partition coefficient (Wildman–Crippen LogP) is 1.69. The molecule has 0 radical (unpaired) electrons. The minimum atomic E-state index is -0.300. The number of anilines is 1. The average molecular weight is 517 g/mol. The van der Waals surface area contributed by atoms with Crippen LogP contribution in [0, 0.1) is 7.14 Å². The third-order valence-electron chi connectivity index (χ3n) is 4.19. The Morgan fingerprint density at radius 2 is 1.52 bits per heavy atom. The Balaban J connectivity index is 1.43. The van der Waals surface area contributed by atoms with E-state index in [1.54, 1.807) is 14.2 Å². The first-order valence-corrected chi connectivity index (χ1v) is 11.8. The van der Waals surface area contributed by atoms with Gasteiger partial charge in [-0.2, -0.15) is 0 Å². The van der Waals surface area contributed by atoms with Gasteiger partial charge >= 0.3 is 176 Å². The van der Waals surface area contributed by atoms with E-state index in [1.807, 2.05) is 54.6 Å². The summed E-state index contributed by atoms with van der Waals surface area (Å²) in [5.41, 5.74) is 1.45. The van der Waals surface area contributed by atoms with Gasteiger partial charge in [0, 0.05) is 0 Å². The first-order chi connectivity index (χ1) is 14.1. The number of thiazole rings is 1. The van der Waals surface area contributed by atoms with Gasteiger partial charge in [-0.05, 0) is 0 Å². The fourth-order valence-electron chi connectivity index (χ4n) is 2.68. The summed E-state index contributed by atoms with van der Waals surface area (Å²) in [6.07, 6.45) is 0. The Hall–Kier alpha value is -2.65. The Kier molecular flexibility index (Phi) is 5.96. The number of methoxy groups -OCH3 is 2. The molecule has 4 rings (SSSR count). The molecule has 0 unspecified atom stereocenters. The van der Waals surface area contributed by atoms with Gasteiger partial charge in [-0.15, -0.1) is 0 Å². The monoisotopic (exact) mass is 517 g/mol. The molecule has 0 aliphatic rings. The number of nitrogens with one attached hydrogen (secondary N) is 1. The molecule has 1 heterocycles. The molecule has 0 aliphatic heterocycles. The molecule has 1 N–H and O–H groups in total. The Bertz CT molecular complexity index is 1140. The normalized spacial score (nSPS) is 10.8. The Morgan fingerprint density at radius 1 is 0.897 bits per heavy atom. The van der Waals surface area contributed by atoms with E-state index < -0.39 is 0 Å². The molecule has 7 heteroatoms. The van der Waals surface area contributed by atoms with Crippen molar-refractivity contribution in [1.82, 2.24) is 4.98 Å². The van der Waals surface area contributed by atoms with Crippen molar-refractivity contribution in [2.75, 3.05) is 19.5 Å². The van der Waals surface area contributed by atoms with Gasteiger partial charge in [-0.3, -0.25) is 0 Å². The number of hydrogen-bond donors (Lipinski definition) is 1. The van der Waals surface area contributed by atoms with Gasteiger partial charge in [0.25, 0.3) is 0 Å². The van der Waals surface area contributed by atoms with Crippen LogP contribution >= 0.6 is 11.3 Å². The van der Waals surface area contributed by atoms with Gasteiger partial charge in [0.15, 0.2) is 0 Å². The quantitative estimate of drug-likeness (QED) is 0.396. The zero-order valence-electron chi connectivity index (χ0n) is 15.8. The second-order valence-electron chi connectivity index (χ2n) is 6.07. The van der Waals surface area contributed by atoms with E-state index in [2.05, 4.69) is 22.4 Å². The van der Waals surface area contributed by atoms with E-state index in [0.29, 0.717) is 10.7 Å². The predicted molar refractivity (Wildman–Crippen MR) is 111 cm³/mol. The van der Waals surface area contributed by atoms with Crippen LogP contribution < -0.4 is 36.0 Å². The van der Waals surface area contributed by atoms with Gasteiger partial charge in [0.1, 0.15) is 0 Å². The van der Waals surface area contributed by atoms with Crippen LogP contribution in [0.5, 0.6) is 11.5 Å². The van der Waals surface area contributed by atoms with Crippen LogP contribution in [-0.4, -0.2) is 25.1 Å². The second-order valence-corrected chi connectivity index (χ2v) is 10.1. The van der Waals surface area contributed by atoms with Crippen LogP contribution in [0.4, 0.5) is 5.13 Å². The molecule has 0 bridgehead atoms. The molecule has 148 valence electrons. The van der Waals surface area contributed by atoms with Crippen LogP contribution in [0.15, 0.2) is 66.7 Å². The summed E-state index contributed by atoms with van der Waals surface area (Å²) in [6.45, 7) is 0. The summed E-state index contributed by atoms with van der Waals surface area (Å²) in [7, 11) is 3.30. The average Bonchev–Trinajstić information content (AvgIpc) is 3.16. The molecule has 1 amide bonds. The van der Waals surface area contributed by atoms with E-state index in [9.17, 15) is 4.79 Å². The molecule has 0 saturated heterocycles. The molecular weight excluding hydrogens is 499 g/mol. The Labute approximate surface area is 183 Å². The molecule has 0 fully saturated rings. The van der Waals surface area contributed by atoms with E-state index in [0.717, 1.165) is 21.7 Å². The first kappa shape index (κ1) is 19.7. The van der Waals surface area contributed by atoms with Crippen LogP contribution in [0.3, 0.4) is 0 Å². The fraction of sp³-hybridized carbons (Fsp3) is 0.0909. The summed E-state index contributed by atoms with van der Waals surface area (Å²) >= 11 is 1.13. The molecule has 0 saturated carbocycles. The van der Waals surface area contributed by atoms with Crippen molar-refractivity contribution in [2.45, 2.75) is 0 Å². The zero-order valence-corrected chi connectivity index (χ0v) is 18.8. The van der Waals surface area contributed by atoms with E-state index >= 15 is 0 Å². The first-order valence-electron chi connectivity index (χ1n) is 8.79. The standard InChI is InChI=1S/C22H18IN2O3S/c1-27-17-9-7-16(8-10-17)23-15-5-3-14(4-6-15)21(26)25-22-24-19-12-11-18(28-2)13-20(19)29-22/h3-13H,1-2H3,(H,24,25,26)/q-1. The van der Waals surface area contributed by atoms with Crippen molar-refractivity contribution in [2.24, 2.45) is 0 Å². The fourth-order valence-corrected chi connectivity index (χ4v) is 5.73. The number of carbonyl (C=O) groups is 1. The Morgan fingerprint density at radius 3 is 2.17 bits per heavy atom. The van der Waals surface area contributed by atoms with E-state index in [4.69, 9.17) is 9.47 Å². The molecule has 0 spiro atoms. The van der Waals surface area contributed by atoms with Gasteiger partial charge in [0.05, 0.1) is 7.11 Å². The maximum absolute atomic E-state index is 12.6. The SMILES string of the molecule is COc1ccc([I-]c2ccc(C(=O)Nc3nc4ccc(OC)cc4s3)cc2)cc1. The van der Waals surface area contributed by atoms with Crippen molar-refractivity contribution < 1.29 is 35.5 Å². The number of amides is 1. The van der Waals surface area contributed by atoms with Gasteiger partial charge in [0.2, 0.25) is 0 Å². The van der Waals surface area contributed by atoms with E-state index in [1.165, 1.54) is 18.5 Å². The molecule has 0 aliphatic carbocycles. The summed E-state index contributed by atoms with van der Waals surface area (Å²) in [6, 6.07) is 21.6. The number of nitrogens with zero attached hydrogens (tertiary/aromatic N) is 1. The van der Waals surface area contributed by atoms with Crippen LogP contribution in [0.2, 0.25) is 0 Å². The number of ether oxygens (including phenoxy) is 2. The van der Waals surface area contributed by atoms with Gasteiger partial charge in [-0.1, -0.05) is 0 Å². The van der Waals surface area contributed by atoms with Crippen LogP contribution in [-0.2, 0) is 0 Å². The summed E-state index contributed by atoms with van der Waals surface area (Å²) < 4.78 is 14.0. The third kappa shape index (κ3) is 4.68. The van der Waals surface area contributed by atoms with Crippen molar-refractivity contribution in [3.05, 3.63) is 79.4 Å². The molecule has 5 nitrogen and oxygen atoms in total. The van der Waals surface area contributed by atoms with Gasteiger partial charge in [-0.25, -0.2) is 0 Å². The van der Waals surface area contributed by atoms with E-state index in [-0.39, 0.29) is 27.1 Å². The van der Waals surface area contributed by atoms with Gasteiger partial charge < -0.3 is 0 Å². The molecule has 3 aromatic carbocycles.